The fourth-order valence-electron chi connectivity index (χ4n) is 2.38. The second kappa shape index (κ2) is 7.00. The van der Waals surface area contributed by atoms with Crippen LogP contribution in [0, 0.1) is 13.8 Å². The number of carbonyl (C=O) groups is 1. The monoisotopic (exact) mass is 341 g/mol. The van der Waals surface area contributed by atoms with Crippen molar-refractivity contribution in [1.29, 1.82) is 0 Å². The smallest absolute Gasteiger partial charge is 0.253 e. The zero-order chi connectivity index (χ0) is 17.1. The molecule has 0 unspecified atom stereocenters. The Morgan fingerprint density at radius 1 is 1.33 bits per heavy atom. The Morgan fingerprint density at radius 3 is 2.92 bits per heavy atom. The van der Waals surface area contributed by atoms with E-state index in [1.165, 1.54) is 22.9 Å². The number of fused-ring (bicyclic) bond motifs is 1. The summed E-state index contributed by atoms with van der Waals surface area (Å²) in [4.78, 5) is 22.5. The number of rotatable bonds is 5. The van der Waals surface area contributed by atoms with Crippen molar-refractivity contribution < 1.29 is 4.79 Å². The molecule has 0 spiro atoms. The van der Waals surface area contributed by atoms with Gasteiger partial charge in [0.05, 0.1) is 5.75 Å². The highest BCUT2D eigenvalue weighted by molar-refractivity contribution is 7.99. The summed E-state index contributed by atoms with van der Waals surface area (Å²) in [5.41, 5.74) is 3.60. The van der Waals surface area contributed by atoms with E-state index in [9.17, 15) is 4.79 Å². The maximum atomic E-state index is 12.3. The highest BCUT2D eigenvalue weighted by Crippen LogP contribution is 2.16. The van der Waals surface area contributed by atoms with E-state index in [4.69, 9.17) is 0 Å². The minimum atomic E-state index is 0.0480. The molecule has 0 bridgehead atoms. The average molecular weight is 341 g/mol. The Hall–Kier alpha value is -2.41. The van der Waals surface area contributed by atoms with E-state index in [2.05, 4.69) is 47.1 Å². The summed E-state index contributed by atoms with van der Waals surface area (Å²) >= 11 is 1.33. The van der Waals surface area contributed by atoms with Gasteiger partial charge in [0.1, 0.15) is 0 Å². The maximum absolute atomic E-state index is 12.3. The van der Waals surface area contributed by atoms with Gasteiger partial charge in [0.15, 0.2) is 0 Å². The van der Waals surface area contributed by atoms with E-state index in [1.54, 1.807) is 27.9 Å². The van der Waals surface area contributed by atoms with Gasteiger partial charge in [-0.05, 0) is 31.0 Å². The number of hydrogen-bond acceptors (Lipinski definition) is 5. The van der Waals surface area contributed by atoms with Crippen LogP contribution in [-0.4, -0.2) is 43.2 Å². The summed E-state index contributed by atoms with van der Waals surface area (Å²) in [6, 6.07) is 8.08. The summed E-state index contributed by atoms with van der Waals surface area (Å²) in [5, 5.41) is 4.84. The summed E-state index contributed by atoms with van der Waals surface area (Å²) in [5.74, 6) is 0.890. The van der Waals surface area contributed by atoms with Gasteiger partial charge in [-0.1, -0.05) is 35.5 Å². The van der Waals surface area contributed by atoms with E-state index in [-0.39, 0.29) is 5.91 Å². The summed E-state index contributed by atoms with van der Waals surface area (Å²) in [6.07, 6.45) is 3.45. The zero-order valence-corrected chi connectivity index (χ0v) is 14.7. The van der Waals surface area contributed by atoms with Crippen LogP contribution in [0.2, 0.25) is 0 Å². The highest BCUT2D eigenvalue weighted by atomic mass is 32.2. The second-order valence-electron chi connectivity index (χ2n) is 5.73. The number of carbonyl (C=O) groups excluding carboxylic acids is 1. The van der Waals surface area contributed by atoms with Gasteiger partial charge in [0.25, 0.3) is 5.78 Å². The molecule has 1 aromatic carbocycles. The predicted octanol–water partition coefficient (Wildman–Crippen LogP) is 2.49. The molecule has 2 aromatic heterocycles. The highest BCUT2D eigenvalue weighted by Gasteiger charge is 2.13. The first-order valence-electron chi connectivity index (χ1n) is 7.63. The Kier molecular flexibility index (Phi) is 4.80. The van der Waals surface area contributed by atoms with Crippen molar-refractivity contribution in [3.8, 4) is 0 Å². The van der Waals surface area contributed by atoms with Crippen molar-refractivity contribution in [2.75, 3.05) is 12.8 Å². The van der Waals surface area contributed by atoms with Gasteiger partial charge in [0, 0.05) is 26.0 Å². The molecule has 0 saturated heterocycles. The maximum Gasteiger partial charge on any atom is 0.253 e. The van der Waals surface area contributed by atoms with Gasteiger partial charge in [0.2, 0.25) is 11.1 Å². The number of thioether (sulfide) groups is 1. The van der Waals surface area contributed by atoms with Crippen LogP contribution in [0.25, 0.3) is 5.78 Å². The third kappa shape index (κ3) is 3.73. The number of amides is 1. The average Bonchev–Trinajstić information content (AvgIpc) is 2.98. The normalized spacial score (nSPS) is 11.0. The van der Waals surface area contributed by atoms with Crippen molar-refractivity contribution >= 4 is 23.4 Å². The van der Waals surface area contributed by atoms with E-state index >= 15 is 0 Å². The van der Waals surface area contributed by atoms with Crippen LogP contribution in [-0.2, 0) is 11.3 Å². The summed E-state index contributed by atoms with van der Waals surface area (Å²) in [7, 11) is 1.82. The molecule has 3 rings (SSSR count). The van der Waals surface area contributed by atoms with Crippen LogP contribution in [0.3, 0.4) is 0 Å². The first-order chi connectivity index (χ1) is 11.5. The Labute approximate surface area is 144 Å². The molecule has 0 atom stereocenters. The molecule has 0 radical (unpaired) electrons. The zero-order valence-electron chi connectivity index (χ0n) is 13.9. The van der Waals surface area contributed by atoms with E-state index in [1.807, 2.05) is 7.05 Å². The molecule has 7 heteroatoms. The molecule has 0 aliphatic rings. The van der Waals surface area contributed by atoms with E-state index in [0.717, 1.165) is 5.56 Å². The minimum Gasteiger partial charge on any atom is -0.341 e. The van der Waals surface area contributed by atoms with Crippen molar-refractivity contribution in [2.24, 2.45) is 0 Å². The number of benzene rings is 1. The number of aryl methyl sites for hydroxylation is 2. The van der Waals surface area contributed by atoms with Crippen LogP contribution in [0.1, 0.15) is 16.7 Å². The summed E-state index contributed by atoms with van der Waals surface area (Å²) in [6.45, 7) is 4.74. The molecule has 124 valence electrons. The quantitative estimate of drug-likeness (QED) is 0.667. The molecule has 0 aliphatic heterocycles. The van der Waals surface area contributed by atoms with Gasteiger partial charge in [-0.3, -0.25) is 4.79 Å². The number of aromatic nitrogens is 4. The fraction of sp³-hybridized carbons (Fsp3) is 0.294. The Balaban J connectivity index is 1.59. The lowest BCUT2D eigenvalue weighted by Crippen LogP contribution is -2.28. The lowest BCUT2D eigenvalue weighted by atomic mass is 10.1. The fourth-order valence-corrected chi connectivity index (χ4v) is 3.14. The van der Waals surface area contributed by atoms with Crippen molar-refractivity contribution in [3.05, 3.63) is 53.3 Å². The molecular weight excluding hydrogens is 322 g/mol. The SMILES string of the molecule is Cc1ccc(CN(C)C(=O)CSc2nc3ncccn3n2)c(C)c1. The number of hydrogen-bond donors (Lipinski definition) is 0. The third-order valence-corrected chi connectivity index (χ3v) is 4.58. The van der Waals surface area contributed by atoms with Crippen LogP contribution in [0.4, 0.5) is 0 Å². The lowest BCUT2D eigenvalue weighted by Gasteiger charge is -2.18. The van der Waals surface area contributed by atoms with Gasteiger partial charge in [-0.25, -0.2) is 9.50 Å². The van der Waals surface area contributed by atoms with E-state index in [0.29, 0.717) is 23.2 Å². The van der Waals surface area contributed by atoms with E-state index < -0.39 is 0 Å². The molecule has 24 heavy (non-hydrogen) atoms. The minimum absolute atomic E-state index is 0.0480. The van der Waals surface area contributed by atoms with Crippen LogP contribution >= 0.6 is 11.8 Å². The first-order valence-corrected chi connectivity index (χ1v) is 8.62. The second-order valence-corrected chi connectivity index (χ2v) is 6.67. The molecule has 6 nitrogen and oxygen atoms in total. The van der Waals surface area contributed by atoms with Crippen molar-refractivity contribution in [3.63, 3.8) is 0 Å². The Morgan fingerprint density at radius 2 is 2.17 bits per heavy atom. The van der Waals surface area contributed by atoms with Crippen LogP contribution in [0.5, 0.6) is 0 Å². The molecule has 2 heterocycles. The molecule has 3 aromatic rings. The molecule has 0 fully saturated rings. The largest absolute Gasteiger partial charge is 0.341 e. The molecule has 1 amide bonds. The van der Waals surface area contributed by atoms with Crippen molar-refractivity contribution in [1.82, 2.24) is 24.5 Å². The number of nitrogens with zero attached hydrogens (tertiary/aromatic N) is 5. The summed E-state index contributed by atoms with van der Waals surface area (Å²) < 4.78 is 1.60. The van der Waals surface area contributed by atoms with Gasteiger partial charge in [-0.2, -0.15) is 4.98 Å². The lowest BCUT2D eigenvalue weighted by molar-refractivity contribution is -0.127. The molecular formula is C17H19N5OS. The third-order valence-electron chi connectivity index (χ3n) is 3.75. The van der Waals surface area contributed by atoms with Crippen molar-refractivity contribution in [2.45, 2.75) is 25.5 Å². The molecule has 0 saturated carbocycles. The van der Waals surface area contributed by atoms with Crippen LogP contribution < -0.4 is 0 Å². The topological polar surface area (TPSA) is 63.4 Å². The van der Waals surface area contributed by atoms with Gasteiger partial charge < -0.3 is 4.90 Å². The van der Waals surface area contributed by atoms with Gasteiger partial charge in [-0.15, -0.1) is 5.10 Å². The van der Waals surface area contributed by atoms with Gasteiger partial charge >= 0.3 is 0 Å². The molecule has 0 aliphatic carbocycles. The Bertz CT molecular complexity index is 843. The first kappa shape index (κ1) is 16.4. The standard InChI is InChI=1S/C17H19N5OS/c1-12-5-6-14(13(2)9-12)10-21(3)15(23)11-24-17-19-16-18-7-4-8-22(16)20-17/h4-9H,10-11H2,1-3H3. The predicted molar refractivity (Wildman–Crippen MR) is 93.9 cm³/mol. The molecule has 0 N–H and O–H groups in total. The van der Waals surface area contributed by atoms with Crippen LogP contribution in [0.15, 0.2) is 41.8 Å².